The van der Waals surface area contributed by atoms with Gasteiger partial charge in [0.2, 0.25) is 5.28 Å². The van der Waals surface area contributed by atoms with Crippen LogP contribution in [0.25, 0.3) is 0 Å². The van der Waals surface area contributed by atoms with E-state index < -0.39 is 0 Å². The predicted molar refractivity (Wildman–Crippen MR) is 65.9 cm³/mol. The Labute approximate surface area is 106 Å². The lowest BCUT2D eigenvalue weighted by atomic mass is 10.3. The Bertz CT molecular complexity index is 335. The van der Waals surface area contributed by atoms with Crippen LogP contribution in [-0.2, 0) is 13.6 Å². The second kappa shape index (κ2) is 6.45. The van der Waals surface area contributed by atoms with Gasteiger partial charge in [-0.05, 0) is 24.6 Å². The van der Waals surface area contributed by atoms with Crippen molar-refractivity contribution < 1.29 is 5.11 Å². The van der Waals surface area contributed by atoms with Crippen LogP contribution in [0.15, 0.2) is 0 Å². The Morgan fingerprint density at radius 1 is 1.38 bits per heavy atom. The zero-order valence-corrected chi connectivity index (χ0v) is 11.1. The smallest absolute Gasteiger partial charge is 0.204 e. The van der Waals surface area contributed by atoms with Gasteiger partial charge >= 0.3 is 0 Å². The van der Waals surface area contributed by atoms with E-state index >= 15 is 0 Å². The Balaban J connectivity index is 2.76. The molecule has 1 aromatic rings. The van der Waals surface area contributed by atoms with Gasteiger partial charge in [0, 0.05) is 20.1 Å². The van der Waals surface area contributed by atoms with Gasteiger partial charge in [0.25, 0.3) is 0 Å². The van der Waals surface area contributed by atoms with E-state index in [9.17, 15) is 0 Å². The third-order valence-corrected chi connectivity index (χ3v) is 3.08. The topological polar surface area (TPSA) is 41.3 Å². The SMILES string of the molecule is CCCN(CCO)Cc1c(Cl)nc(Cl)n1C. The van der Waals surface area contributed by atoms with Gasteiger partial charge in [-0.2, -0.15) is 0 Å². The van der Waals surface area contributed by atoms with Gasteiger partial charge in [-0.3, -0.25) is 4.90 Å². The monoisotopic (exact) mass is 265 g/mol. The molecule has 0 aliphatic rings. The molecule has 0 bridgehead atoms. The van der Waals surface area contributed by atoms with Crippen LogP contribution in [0.3, 0.4) is 0 Å². The van der Waals surface area contributed by atoms with Crippen LogP contribution in [0.5, 0.6) is 0 Å². The summed E-state index contributed by atoms with van der Waals surface area (Å²) in [6.45, 7) is 4.45. The number of hydrogen-bond donors (Lipinski definition) is 1. The van der Waals surface area contributed by atoms with Crippen LogP contribution in [0, 0.1) is 0 Å². The molecule has 0 unspecified atom stereocenters. The fourth-order valence-corrected chi connectivity index (χ4v) is 2.08. The highest BCUT2D eigenvalue weighted by atomic mass is 35.5. The third-order valence-electron chi connectivity index (χ3n) is 2.44. The molecule has 1 heterocycles. The van der Waals surface area contributed by atoms with Crippen LogP contribution in [0.4, 0.5) is 0 Å². The van der Waals surface area contributed by atoms with E-state index in [1.165, 1.54) is 0 Å². The minimum Gasteiger partial charge on any atom is -0.395 e. The molecule has 1 aromatic heterocycles. The molecule has 16 heavy (non-hydrogen) atoms. The maximum absolute atomic E-state index is 8.96. The van der Waals surface area contributed by atoms with E-state index in [0.717, 1.165) is 18.7 Å². The number of nitrogens with zero attached hydrogens (tertiary/aromatic N) is 3. The average Bonchev–Trinajstić information content (AvgIpc) is 2.46. The first-order valence-corrected chi connectivity index (χ1v) is 6.05. The Morgan fingerprint density at radius 2 is 2.06 bits per heavy atom. The minimum atomic E-state index is 0.142. The fraction of sp³-hybridized carbons (Fsp3) is 0.700. The summed E-state index contributed by atoms with van der Waals surface area (Å²) in [6, 6.07) is 0. The van der Waals surface area contributed by atoms with E-state index in [0.29, 0.717) is 23.5 Å². The van der Waals surface area contributed by atoms with E-state index in [1.54, 1.807) is 4.57 Å². The Hall–Kier alpha value is -0.290. The second-order valence-corrected chi connectivity index (χ2v) is 4.37. The molecule has 0 fully saturated rings. The number of aromatic nitrogens is 2. The summed E-state index contributed by atoms with van der Waals surface area (Å²) in [5.74, 6) is 0. The van der Waals surface area contributed by atoms with Crippen LogP contribution >= 0.6 is 23.2 Å². The zero-order chi connectivity index (χ0) is 12.1. The molecule has 0 aliphatic carbocycles. The van der Waals surface area contributed by atoms with Crippen molar-refractivity contribution in [2.24, 2.45) is 7.05 Å². The lowest BCUT2D eigenvalue weighted by Gasteiger charge is -2.20. The van der Waals surface area contributed by atoms with Crippen molar-refractivity contribution in [2.75, 3.05) is 19.7 Å². The molecule has 6 heteroatoms. The summed E-state index contributed by atoms with van der Waals surface area (Å²) in [4.78, 5) is 6.11. The normalized spacial score (nSPS) is 11.4. The standard InChI is InChI=1S/C10H17Cl2N3O/c1-3-4-15(5-6-16)7-8-9(11)13-10(12)14(8)2/h16H,3-7H2,1-2H3. The van der Waals surface area contributed by atoms with Gasteiger partial charge in [0.15, 0.2) is 5.15 Å². The van der Waals surface area contributed by atoms with E-state index in [2.05, 4.69) is 16.8 Å². The van der Waals surface area contributed by atoms with Crippen molar-refractivity contribution >= 4 is 23.2 Å². The average molecular weight is 266 g/mol. The highest BCUT2D eigenvalue weighted by Gasteiger charge is 2.14. The molecule has 0 amide bonds. The molecule has 0 saturated carbocycles. The van der Waals surface area contributed by atoms with Gasteiger partial charge in [-0.25, -0.2) is 4.98 Å². The van der Waals surface area contributed by atoms with Crippen molar-refractivity contribution in [2.45, 2.75) is 19.9 Å². The quantitative estimate of drug-likeness (QED) is 0.855. The molecular formula is C10H17Cl2N3O. The molecule has 0 atom stereocenters. The van der Waals surface area contributed by atoms with Gasteiger partial charge in [0.05, 0.1) is 12.3 Å². The highest BCUT2D eigenvalue weighted by Crippen LogP contribution is 2.20. The maximum Gasteiger partial charge on any atom is 0.204 e. The van der Waals surface area contributed by atoms with Crippen LogP contribution < -0.4 is 0 Å². The molecule has 0 radical (unpaired) electrons. The maximum atomic E-state index is 8.96. The first-order valence-electron chi connectivity index (χ1n) is 5.30. The summed E-state index contributed by atoms with van der Waals surface area (Å²) in [7, 11) is 1.83. The van der Waals surface area contributed by atoms with Crippen molar-refractivity contribution in [1.82, 2.24) is 14.5 Å². The van der Waals surface area contributed by atoms with Crippen molar-refractivity contribution in [1.29, 1.82) is 0 Å². The van der Waals surface area contributed by atoms with E-state index in [1.807, 2.05) is 7.05 Å². The molecule has 1 rings (SSSR count). The van der Waals surface area contributed by atoms with E-state index in [4.69, 9.17) is 28.3 Å². The van der Waals surface area contributed by atoms with Gasteiger partial charge in [-0.1, -0.05) is 18.5 Å². The van der Waals surface area contributed by atoms with Crippen LogP contribution in [-0.4, -0.2) is 39.3 Å². The molecule has 0 aromatic carbocycles. The number of aliphatic hydroxyl groups excluding tert-OH is 1. The van der Waals surface area contributed by atoms with Crippen LogP contribution in [0.1, 0.15) is 19.0 Å². The number of rotatable bonds is 6. The summed E-state index contributed by atoms with van der Waals surface area (Å²) in [6.07, 6.45) is 1.03. The molecule has 4 nitrogen and oxygen atoms in total. The van der Waals surface area contributed by atoms with Crippen molar-refractivity contribution in [3.63, 3.8) is 0 Å². The minimum absolute atomic E-state index is 0.142. The number of hydrogen-bond acceptors (Lipinski definition) is 3. The summed E-state index contributed by atoms with van der Waals surface area (Å²) in [5.41, 5.74) is 0.883. The third kappa shape index (κ3) is 3.35. The molecule has 0 spiro atoms. The molecule has 92 valence electrons. The molecule has 0 saturated heterocycles. The number of imidazole rings is 1. The lowest BCUT2D eigenvalue weighted by Crippen LogP contribution is -2.28. The summed E-state index contributed by atoms with van der Waals surface area (Å²) < 4.78 is 1.77. The number of halogens is 2. The number of aliphatic hydroxyl groups is 1. The first kappa shape index (κ1) is 13.8. The van der Waals surface area contributed by atoms with E-state index in [-0.39, 0.29) is 6.61 Å². The predicted octanol–water partition coefficient (Wildman–Crippen LogP) is 1.93. The zero-order valence-electron chi connectivity index (χ0n) is 9.58. The van der Waals surface area contributed by atoms with Crippen LogP contribution in [0.2, 0.25) is 10.4 Å². The van der Waals surface area contributed by atoms with Crippen molar-refractivity contribution in [3.05, 3.63) is 16.1 Å². The molecule has 0 aliphatic heterocycles. The lowest BCUT2D eigenvalue weighted by molar-refractivity contribution is 0.188. The van der Waals surface area contributed by atoms with Gasteiger partial charge in [0.1, 0.15) is 0 Å². The van der Waals surface area contributed by atoms with Crippen molar-refractivity contribution in [3.8, 4) is 0 Å². The highest BCUT2D eigenvalue weighted by molar-refractivity contribution is 6.32. The second-order valence-electron chi connectivity index (χ2n) is 3.68. The summed E-state index contributed by atoms with van der Waals surface area (Å²) >= 11 is 11.9. The molecular weight excluding hydrogens is 249 g/mol. The van der Waals surface area contributed by atoms with Gasteiger partial charge < -0.3 is 9.67 Å². The summed E-state index contributed by atoms with van der Waals surface area (Å²) in [5, 5.41) is 9.79. The molecule has 1 N–H and O–H groups in total. The van der Waals surface area contributed by atoms with Gasteiger partial charge in [-0.15, -0.1) is 0 Å². The Kier molecular flexibility index (Phi) is 5.55. The first-order chi connectivity index (χ1) is 7.60. The fourth-order valence-electron chi connectivity index (χ4n) is 1.58. The largest absolute Gasteiger partial charge is 0.395 e. The Morgan fingerprint density at radius 3 is 2.50 bits per heavy atom.